The Morgan fingerprint density at radius 3 is 2.61 bits per heavy atom. The topological polar surface area (TPSA) is 61.8 Å². The fourth-order valence-corrected chi connectivity index (χ4v) is 4.10. The summed E-state index contributed by atoms with van der Waals surface area (Å²) in [5, 5.41) is 0. The highest BCUT2D eigenvalue weighted by Gasteiger charge is 2.23. The van der Waals surface area contributed by atoms with Crippen molar-refractivity contribution in [2.45, 2.75) is 36.9 Å². The van der Waals surface area contributed by atoms with Crippen molar-refractivity contribution in [3.05, 3.63) is 59.7 Å². The van der Waals surface area contributed by atoms with Crippen molar-refractivity contribution in [2.75, 3.05) is 19.5 Å². The Labute approximate surface area is 169 Å². The average molecular weight is 400 g/mol. The molecule has 3 rings (SSSR count). The summed E-state index contributed by atoms with van der Waals surface area (Å²) >= 11 is 1.58. The van der Waals surface area contributed by atoms with Gasteiger partial charge in [0, 0.05) is 22.8 Å². The lowest BCUT2D eigenvalue weighted by Crippen LogP contribution is -2.24. The van der Waals surface area contributed by atoms with Crippen LogP contribution in [-0.4, -0.2) is 43.4 Å². The molecule has 0 radical (unpaired) electrons. The molecule has 0 unspecified atom stereocenters. The van der Waals surface area contributed by atoms with Crippen molar-refractivity contribution in [3.8, 4) is 5.75 Å². The van der Waals surface area contributed by atoms with Gasteiger partial charge in [-0.25, -0.2) is 4.79 Å². The second-order valence-electron chi connectivity index (χ2n) is 6.58. The standard InChI is InChI=1S/C22H24O5S/c1-15(21(23)16-9-11-17(25-2)12-10-16)27-22(24)19-7-3-4-8-20(19)28-14-18-6-5-13-26-18/h3-4,7-12,15,18H,5-6,13-14H2,1-2H3/t15-,18+/m1/s1. The third-order valence-corrected chi connectivity index (χ3v) is 5.79. The first-order valence-electron chi connectivity index (χ1n) is 9.31. The van der Waals surface area contributed by atoms with Crippen molar-refractivity contribution in [2.24, 2.45) is 0 Å². The minimum absolute atomic E-state index is 0.227. The number of carbonyl (C=O) groups excluding carboxylic acids is 2. The van der Waals surface area contributed by atoms with E-state index in [1.807, 2.05) is 12.1 Å². The van der Waals surface area contributed by atoms with Crippen LogP contribution >= 0.6 is 11.8 Å². The highest BCUT2D eigenvalue weighted by atomic mass is 32.2. The number of ether oxygens (including phenoxy) is 3. The van der Waals surface area contributed by atoms with E-state index >= 15 is 0 Å². The summed E-state index contributed by atoms with van der Waals surface area (Å²) in [7, 11) is 1.57. The molecule has 0 bridgehead atoms. The lowest BCUT2D eigenvalue weighted by atomic mass is 10.1. The normalized spacial score (nSPS) is 17.1. The van der Waals surface area contributed by atoms with Crippen LogP contribution in [0.5, 0.6) is 5.75 Å². The minimum atomic E-state index is -0.878. The number of carbonyl (C=O) groups is 2. The first kappa shape index (κ1) is 20.4. The largest absolute Gasteiger partial charge is 0.497 e. The second-order valence-corrected chi connectivity index (χ2v) is 7.64. The molecule has 1 heterocycles. The van der Waals surface area contributed by atoms with Gasteiger partial charge in [-0.15, -0.1) is 11.8 Å². The van der Waals surface area contributed by atoms with Crippen molar-refractivity contribution < 1.29 is 23.8 Å². The van der Waals surface area contributed by atoms with Gasteiger partial charge >= 0.3 is 5.97 Å². The lowest BCUT2D eigenvalue weighted by Gasteiger charge is -2.15. The minimum Gasteiger partial charge on any atom is -0.497 e. The van der Waals surface area contributed by atoms with Gasteiger partial charge in [0.1, 0.15) is 5.75 Å². The highest BCUT2D eigenvalue weighted by molar-refractivity contribution is 7.99. The summed E-state index contributed by atoms with van der Waals surface area (Å²) in [5.74, 6) is 0.716. The fraction of sp³-hybridized carbons (Fsp3) is 0.364. The smallest absolute Gasteiger partial charge is 0.339 e. The molecule has 2 atom stereocenters. The first-order valence-corrected chi connectivity index (χ1v) is 10.3. The number of rotatable bonds is 8. The number of esters is 1. The van der Waals surface area contributed by atoms with E-state index in [0.717, 1.165) is 30.1 Å². The maximum Gasteiger partial charge on any atom is 0.339 e. The zero-order chi connectivity index (χ0) is 19.9. The first-order chi connectivity index (χ1) is 13.6. The molecule has 0 saturated carbocycles. The molecule has 2 aromatic carbocycles. The van der Waals surface area contributed by atoms with Crippen LogP contribution in [0, 0.1) is 0 Å². The maximum atomic E-state index is 12.7. The maximum absolute atomic E-state index is 12.7. The van der Waals surface area contributed by atoms with E-state index < -0.39 is 12.1 Å². The molecule has 0 aromatic heterocycles. The van der Waals surface area contributed by atoms with E-state index in [9.17, 15) is 9.59 Å². The Kier molecular flexibility index (Phi) is 7.12. The van der Waals surface area contributed by atoms with Crippen LogP contribution in [0.15, 0.2) is 53.4 Å². The lowest BCUT2D eigenvalue weighted by molar-refractivity contribution is 0.0315. The molecule has 1 aliphatic heterocycles. The van der Waals surface area contributed by atoms with Gasteiger partial charge in [0.05, 0.1) is 18.8 Å². The Bertz CT molecular complexity index is 812. The number of benzene rings is 2. The van der Waals surface area contributed by atoms with Crippen molar-refractivity contribution in [3.63, 3.8) is 0 Å². The predicted octanol–water partition coefficient (Wildman–Crippen LogP) is 4.39. The van der Waals surface area contributed by atoms with Crippen LogP contribution in [0.4, 0.5) is 0 Å². The van der Waals surface area contributed by atoms with E-state index in [-0.39, 0.29) is 11.9 Å². The molecule has 0 spiro atoms. The molecular formula is C22H24O5S. The highest BCUT2D eigenvalue weighted by Crippen LogP contribution is 2.27. The molecule has 1 saturated heterocycles. The van der Waals surface area contributed by atoms with Crippen LogP contribution in [0.2, 0.25) is 0 Å². The Morgan fingerprint density at radius 1 is 1.18 bits per heavy atom. The van der Waals surface area contributed by atoms with Crippen LogP contribution in [0.3, 0.4) is 0 Å². The molecule has 148 valence electrons. The zero-order valence-corrected chi connectivity index (χ0v) is 16.9. The van der Waals surface area contributed by atoms with Crippen molar-refractivity contribution >= 4 is 23.5 Å². The van der Waals surface area contributed by atoms with Crippen LogP contribution in [-0.2, 0) is 9.47 Å². The van der Waals surface area contributed by atoms with E-state index in [0.29, 0.717) is 16.9 Å². The van der Waals surface area contributed by atoms with Crippen LogP contribution < -0.4 is 4.74 Å². The van der Waals surface area contributed by atoms with Crippen LogP contribution in [0.1, 0.15) is 40.5 Å². The summed E-state index contributed by atoms with van der Waals surface area (Å²) in [6, 6.07) is 14.0. The Balaban J connectivity index is 1.63. The molecule has 1 fully saturated rings. The number of thioether (sulfide) groups is 1. The predicted molar refractivity (Wildman–Crippen MR) is 108 cm³/mol. The van der Waals surface area contributed by atoms with Gasteiger partial charge in [0.25, 0.3) is 0 Å². The third kappa shape index (κ3) is 5.14. The molecule has 2 aromatic rings. The second kappa shape index (κ2) is 9.75. The summed E-state index contributed by atoms with van der Waals surface area (Å²) < 4.78 is 16.2. The Hall–Kier alpha value is -2.31. The van der Waals surface area contributed by atoms with Gasteiger partial charge in [-0.2, -0.15) is 0 Å². The number of Topliss-reactive ketones (excluding diaryl/α,β-unsaturated/α-hetero) is 1. The summed E-state index contributed by atoms with van der Waals surface area (Å²) in [6.07, 6.45) is 1.48. The van der Waals surface area contributed by atoms with Crippen molar-refractivity contribution in [1.29, 1.82) is 0 Å². The molecule has 1 aliphatic rings. The fourth-order valence-electron chi connectivity index (χ4n) is 2.99. The van der Waals surface area contributed by atoms with Crippen LogP contribution in [0.25, 0.3) is 0 Å². The molecular weight excluding hydrogens is 376 g/mol. The van der Waals surface area contributed by atoms with E-state index in [2.05, 4.69) is 0 Å². The summed E-state index contributed by atoms with van der Waals surface area (Å²) in [6.45, 7) is 2.40. The van der Waals surface area contributed by atoms with Gasteiger partial charge in [0.2, 0.25) is 5.78 Å². The number of hydrogen-bond acceptors (Lipinski definition) is 6. The van der Waals surface area contributed by atoms with E-state index in [1.165, 1.54) is 0 Å². The molecule has 6 heteroatoms. The number of methoxy groups -OCH3 is 1. The van der Waals surface area contributed by atoms with Gasteiger partial charge in [-0.05, 0) is 56.2 Å². The quantitative estimate of drug-likeness (QED) is 0.372. The molecule has 5 nitrogen and oxygen atoms in total. The summed E-state index contributed by atoms with van der Waals surface area (Å²) in [5.41, 5.74) is 0.946. The number of ketones is 1. The van der Waals surface area contributed by atoms with Gasteiger partial charge in [-0.1, -0.05) is 12.1 Å². The van der Waals surface area contributed by atoms with E-state index in [1.54, 1.807) is 62.2 Å². The average Bonchev–Trinajstić information content (AvgIpc) is 3.25. The SMILES string of the molecule is COc1ccc(C(=O)[C@@H](C)OC(=O)c2ccccc2SC[C@@H]2CCCO2)cc1. The molecule has 0 N–H and O–H groups in total. The zero-order valence-electron chi connectivity index (χ0n) is 16.1. The Morgan fingerprint density at radius 2 is 1.93 bits per heavy atom. The number of hydrogen-bond donors (Lipinski definition) is 0. The van der Waals surface area contributed by atoms with Gasteiger partial charge in [-0.3, -0.25) is 4.79 Å². The van der Waals surface area contributed by atoms with E-state index in [4.69, 9.17) is 14.2 Å². The molecule has 0 amide bonds. The molecule has 0 aliphatic carbocycles. The summed E-state index contributed by atoms with van der Waals surface area (Å²) in [4.78, 5) is 26.1. The van der Waals surface area contributed by atoms with Gasteiger partial charge < -0.3 is 14.2 Å². The van der Waals surface area contributed by atoms with Gasteiger partial charge in [0.15, 0.2) is 6.10 Å². The molecule has 28 heavy (non-hydrogen) atoms. The monoisotopic (exact) mass is 400 g/mol. The van der Waals surface area contributed by atoms with Crippen molar-refractivity contribution in [1.82, 2.24) is 0 Å². The third-order valence-electron chi connectivity index (χ3n) is 4.58.